The predicted octanol–water partition coefficient (Wildman–Crippen LogP) is 20.3. The van der Waals surface area contributed by atoms with Gasteiger partial charge in [-0.15, -0.1) is 11.3 Å². The molecule has 1 aromatic heterocycles. The van der Waals surface area contributed by atoms with Crippen LogP contribution in [0.5, 0.6) is 0 Å². The van der Waals surface area contributed by atoms with Gasteiger partial charge in [0.2, 0.25) is 0 Å². The van der Waals surface area contributed by atoms with Crippen molar-refractivity contribution < 1.29 is 0 Å². The molecule has 0 aliphatic carbocycles. The third kappa shape index (κ3) is 8.50. The average molecular weight is 1060 g/mol. The monoisotopic (exact) mass is 1060 g/mol. The molecule has 0 spiro atoms. The minimum Gasteiger partial charge on any atom is -0.311 e. The van der Waals surface area contributed by atoms with E-state index in [9.17, 15) is 0 Å². The van der Waals surface area contributed by atoms with Gasteiger partial charge in [-0.05, 0) is 175 Å². The van der Waals surface area contributed by atoms with Crippen LogP contribution in [-0.4, -0.2) is 6.71 Å². The van der Waals surface area contributed by atoms with Crippen LogP contribution in [0.4, 0.5) is 34.1 Å². The molecule has 0 amide bonds. The highest BCUT2D eigenvalue weighted by atomic mass is 32.1. The molecule has 2 nitrogen and oxygen atoms in total. The molecule has 0 saturated carbocycles. The van der Waals surface area contributed by atoms with Gasteiger partial charge >= 0.3 is 0 Å². The molecule has 10 aromatic carbocycles. The number of thiophene rings is 1. The number of hydrogen-bond donors (Lipinski definition) is 0. The minimum absolute atomic E-state index is 0.00454. The Morgan fingerprint density at radius 2 is 0.838 bits per heavy atom. The summed E-state index contributed by atoms with van der Waals surface area (Å²) in [6.07, 6.45) is 0. The molecular weight excluding hydrogens is 984 g/mol. The Kier molecular flexibility index (Phi) is 11.7. The first kappa shape index (κ1) is 52.0. The Bertz CT molecular complexity index is 4280. The fourth-order valence-corrected chi connectivity index (χ4v) is 14.2. The highest BCUT2D eigenvalue weighted by Gasteiger charge is 2.46. The fourth-order valence-electron chi connectivity index (χ4n) is 12.9. The van der Waals surface area contributed by atoms with Crippen molar-refractivity contribution in [2.24, 2.45) is 0 Å². The Hall–Kier alpha value is -7.40. The van der Waals surface area contributed by atoms with Gasteiger partial charge < -0.3 is 9.80 Å². The molecule has 13 rings (SSSR count). The molecule has 80 heavy (non-hydrogen) atoms. The van der Waals surface area contributed by atoms with E-state index in [-0.39, 0.29) is 33.8 Å². The first-order valence-electron chi connectivity index (χ1n) is 29.0. The summed E-state index contributed by atoms with van der Waals surface area (Å²) < 4.78 is 2.71. The molecule has 3 heterocycles. The van der Waals surface area contributed by atoms with Crippen molar-refractivity contribution in [2.75, 3.05) is 9.80 Å². The van der Waals surface area contributed by atoms with E-state index in [1.54, 1.807) is 0 Å². The highest BCUT2D eigenvalue weighted by molar-refractivity contribution is 7.33. The third-order valence-corrected chi connectivity index (χ3v) is 18.8. The molecule has 0 unspecified atom stereocenters. The summed E-state index contributed by atoms with van der Waals surface area (Å²) in [5.74, 6) is 0. The molecule has 0 N–H and O–H groups in total. The van der Waals surface area contributed by atoms with Crippen molar-refractivity contribution in [3.8, 4) is 22.3 Å². The van der Waals surface area contributed by atoms with Crippen LogP contribution in [0.3, 0.4) is 0 Å². The molecule has 0 radical (unpaired) electrons. The molecule has 11 aromatic rings. The SMILES string of the molecule is CC(C)(C)c1cc(-c2cccc(N3c4cccc5c4B(c4cc(C(C)(C)C)ccc4N5c4ccc(C(C)(C)C)cc4-c4ccc5c6ccccc6c6ccccc6c5c4)c4sc5ccc(C(C)(C)C)cc5c43)c2)cc(C(C)(C)C)c1. The minimum atomic E-state index is -0.0761. The van der Waals surface area contributed by atoms with Gasteiger partial charge in [-0.3, -0.25) is 0 Å². The van der Waals surface area contributed by atoms with Crippen LogP contribution in [0.15, 0.2) is 182 Å². The van der Waals surface area contributed by atoms with Gasteiger partial charge in [0.25, 0.3) is 6.71 Å². The topological polar surface area (TPSA) is 6.48 Å². The zero-order chi connectivity index (χ0) is 56.2. The van der Waals surface area contributed by atoms with Crippen LogP contribution in [0.1, 0.15) is 132 Å². The van der Waals surface area contributed by atoms with Gasteiger partial charge in [-0.25, -0.2) is 0 Å². The summed E-state index contributed by atoms with van der Waals surface area (Å²) in [5.41, 5.74) is 21.5. The van der Waals surface area contributed by atoms with E-state index >= 15 is 0 Å². The maximum absolute atomic E-state index is 2.65. The summed E-state index contributed by atoms with van der Waals surface area (Å²) in [6, 6.07) is 71.1. The van der Waals surface area contributed by atoms with Crippen molar-refractivity contribution in [1.82, 2.24) is 0 Å². The summed E-state index contributed by atoms with van der Waals surface area (Å²) in [5, 5.41) is 9.03. The summed E-state index contributed by atoms with van der Waals surface area (Å²) >= 11 is 1.99. The second kappa shape index (κ2) is 18.1. The van der Waals surface area contributed by atoms with E-state index in [0.717, 1.165) is 0 Å². The number of fused-ring (bicyclic) bond motifs is 12. The van der Waals surface area contributed by atoms with Gasteiger partial charge in [-0.1, -0.05) is 225 Å². The predicted molar refractivity (Wildman–Crippen MR) is 353 cm³/mol. The zero-order valence-corrected chi connectivity index (χ0v) is 50.5. The molecule has 398 valence electrons. The zero-order valence-electron chi connectivity index (χ0n) is 49.7. The maximum Gasteiger partial charge on any atom is 0.264 e. The first-order valence-corrected chi connectivity index (χ1v) is 29.8. The van der Waals surface area contributed by atoms with Crippen LogP contribution in [0.25, 0.3) is 64.7 Å². The van der Waals surface area contributed by atoms with Crippen molar-refractivity contribution in [3.63, 3.8) is 0 Å². The van der Waals surface area contributed by atoms with Crippen LogP contribution < -0.4 is 25.5 Å². The van der Waals surface area contributed by atoms with Gasteiger partial charge in [0.05, 0.1) is 11.4 Å². The van der Waals surface area contributed by atoms with Crippen molar-refractivity contribution in [2.45, 2.75) is 131 Å². The quantitative estimate of drug-likeness (QED) is 0.128. The molecule has 2 aliphatic heterocycles. The second-order valence-corrected chi connectivity index (χ2v) is 29.4. The molecule has 0 atom stereocenters. The Morgan fingerprint density at radius 1 is 0.325 bits per heavy atom. The van der Waals surface area contributed by atoms with Gasteiger partial charge in [0, 0.05) is 43.2 Å². The van der Waals surface area contributed by atoms with Crippen LogP contribution in [0.2, 0.25) is 0 Å². The standard InChI is InChI=1S/C76H75BN2S/c1-72(2,3)49-31-35-64(60(43-49)47-30-34-59-57-26-17-16-24-55(57)56-25-18-19-27-58(56)61(59)41-47)79-65-36-32-51(74(7,8)9)45-63(65)77-69-66(28-21-29-67(69)79)78(70-62-44-50(73(4,5)6)33-37-68(62)80-71(70)77)54-23-20-22-46(40-54)48-38-52(75(10,11)12)42-53(39-48)76(13,14)15/h16-45H,1-15H3. The first-order chi connectivity index (χ1) is 37.8. The fraction of sp³-hybridized carbons (Fsp3) is 0.263. The van der Waals surface area contributed by atoms with E-state index in [4.69, 9.17) is 0 Å². The van der Waals surface area contributed by atoms with Crippen molar-refractivity contribution in [3.05, 3.63) is 210 Å². The molecule has 0 fully saturated rings. The molecule has 4 heteroatoms. The average Bonchev–Trinajstić information content (AvgIpc) is 3.85. The lowest BCUT2D eigenvalue weighted by Crippen LogP contribution is -2.60. The van der Waals surface area contributed by atoms with Crippen LogP contribution >= 0.6 is 11.3 Å². The van der Waals surface area contributed by atoms with Crippen molar-refractivity contribution >= 4 is 110 Å². The van der Waals surface area contributed by atoms with Crippen LogP contribution in [0, 0.1) is 0 Å². The third-order valence-electron chi connectivity index (χ3n) is 17.6. The van der Waals surface area contributed by atoms with E-state index in [1.165, 1.54) is 142 Å². The maximum atomic E-state index is 2.65. The smallest absolute Gasteiger partial charge is 0.264 e. The van der Waals surface area contributed by atoms with Crippen LogP contribution in [-0.2, 0) is 27.1 Å². The van der Waals surface area contributed by atoms with E-state index in [1.807, 2.05) is 11.3 Å². The lowest BCUT2D eigenvalue weighted by atomic mass is 9.36. The van der Waals surface area contributed by atoms with Gasteiger partial charge in [0.1, 0.15) is 0 Å². The molecule has 2 aliphatic rings. The Labute approximate surface area is 480 Å². The number of benzene rings is 10. The molecular formula is C76H75BN2S. The van der Waals surface area contributed by atoms with E-state index in [2.05, 4.69) is 296 Å². The lowest BCUT2D eigenvalue weighted by molar-refractivity contribution is 0.569. The van der Waals surface area contributed by atoms with E-state index in [0.29, 0.717) is 0 Å². The normalized spacial score (nSPS) is 13.9. The summed E-state index contributed by atoms with van der Waals surface area (Å²) in [4.78, 5) is 5.29. The Balaban J connectivity index is 1.10. The van der Waals surface area contributed by atoms with Gasteiger partial charge in [0.15, 0.2) is 0 Å². The second-order valence-electron chi connectivity index (χ2n) is 28.3. The lowest BCUT2D eigenvalue weighted by Gasteiger charge is -2.44. The summed E-state index contributed by atoms with van der Waals surface area (Å²) in [6.45, 7) is 35.2. The summed E-state index contributed by atoms with van der Waals surface area (Å²) in [7, 11) is 0. The van der Waals surface area contributed by atoms with E-state index < -0.39 is 0 Å². The number of anilines is 6. The van der Waals surface area contributed by atoms with Gasteiger partial charge in [-0.2, -0.15) is 0 Å². The Morgan fingerprint density at radius 3 is 1.44 bits per heavy atom. The molecule has 0 saturated heterocycles. The number of nitrogens with zero attached hydrogens (tertiary/aromatic N) is 2. The molecule has 0 bridgehead atoms. The van der Waals surface area contributed by atoms with Crippen molar-refractivity contribution in [1.29, 1.82) is 0 Å². The number of rotatable bonds is 4. The highest BCUT2D eigenvalue weighted by Crippen LogP contribution is 2.51. The largest absolute Gasteiger partial charge is 0.311 e. The number of hydrogen-bond acceptors (Lipinski definition) is 3.